The molecule has 0 saturated carbocycles. The molecule has 2 rings (SSSR count). The van der Waals surface area contributed by atoms with Gasteiger partial charge < -0.3 is 15.0 Å². The maximum atomic E-state index is 5.43. The molecule has 0 aliphatic rings. The fourth-order valence-corrected chi connectivity index (χ4v) is 2.94. The van der Waals surface area contributed by atoms with Crippen molar-refractivity contribution in [2.45, 2.75) is 39.7 Å². The third-order valence-corrected chi connectivity index (χ3v) is 4.36. The fraction of sp³-hybridized carbons (Fsp3) is 0.526. The van der Waals surface area contributed by atoms with Crippen LogP contribution in [-0.4, -0.2) is 42.7 Å². The molecule has 126 valence electrons. The summed E-state index contributed by atoms with van der Waals surface area (Å²) in [5.74, 6) is 0.868. The van der Waals surface area contributed by atoms with Crippen LogP contribution < -0.4 is 10.1 Å². The zero-order chi connectivity index (χ0) is 16.7. The molecule has 0 aliphatic carbocycles. The summed E-state index contributed by atoms with van der Waals surface area (Å²) in [7, 11) is 1.70. The van der Waals surface area contributed by atoms with E-state index in [0.29, 0.717) is 6.04 Å². The molecule has 1 unspecified atom stereocenters. The average molecular weight is 315 g/mol. The van der Waals surface area contributed by atoms with Gasteiger partial charge in [0.05, 0.1) is 18.3 Å². The van der Waals surface area contributed by atoms with Gasteiger partial charge in [-0.05, 0) is 63.7 Å². The third-order valence-electron chi connectivity index (χ3n) is 4.36. The van der Waals surface area contributed by atoms with E-state index in [-0.39, 0.29) is 0 Å². The lowest BCUT2D eigenvalue weighted by molar-refractivity contribution is 0.295. The van der Waals surface area contributed by atoms with Gasteiger partial charge in [0.15, 0.2) is 0 Å². The highest BCUT2D eigenvalue weighted by atomic mass is 16.5. The number of ether oxygens (including phenoxy) is 1. The van der Waals surface area contributed by atoms with Gasteiger partial charge in [0.25, 0.3) is 0 Å². The molecule has 0 radical (unpaired) electrons. The molecule has 1 heterocycles. The molecular formula is C19H29N3O. The maximum Gasteiger partial charge on any atom is 0.128 e. The van der Waals surface area contributed by atoms with Crippen molar-refractivity contribution in [1.29, 1.82) is 0 Å². The minimum atomic E-state index is 0.421. The van der Waals surface area contributed by atoms with Crippen molar-refractivity contribution in [3.63, 3.8) is 0 Å². The van der Waals surface area contributed by atoms with Crippen LogP contribution in [0.25, 0.3) is 10.9 Å². The van der Waals surface area contributed by atoms with Crippen LogP contribution in [0.15, 0.2) is 30.5 Å². The van der Waals surface area contributed by atoms with Crippen LogP contribution in [0.4, 0.5) is 5.69 Å². The first-order chi connectivity index (χ1) is 11.2. The summed E-state index contributed by atoms with van der Waals surface area (Å²) in [6.45, 7) is 10.1. The molecule has 1 N–H and O–H groups in total. The van der Waals surface area contributed by atoms with E-state index in [1.54, 1.807) is 7.11 Å². The van der Waals surface area contributed by atoms with E-state index in [0.717, 1.165) is 41.9 Å². The minimum absolute atomic E-state index is 0.421. The Morgan fingerprint density at radius 2 is 2.00 bits per heavy atom. The summed E-state index contributed by atoms with van der Waals surface area (Å²) in [5, 5.41) is 4.66. The summed E-state index contributed by atoms with van der Waals surface area (Å²) in [6, 6.07) is 8.49. The van der Waals surface area contributed by atoms with Crippen molar-refractivity contribution >= 4 is 16.6 Å². The number of nitrogens with zero attached hydrogens (tertiary/aromatic N) is 2. The second-order valence-corrected chi connectivity index (χ2v) is 5.93. The number of hydrogen-bond donors (Lipinski definition) is 1. The van der Waals surface area contributed by atoms with E-state index < -0.39 is 0 Å². The highest BCUT2D eigenvalue weighted by molar-refractivity contribution is 5.94. The highest BCUT2D eigenvalue weighted by Gasteiger charge is 2.10. The lowest BCUT2D eigenvalue weighted by Gasteiger charge is -2.21. The number of aromatic nitrogens is 1. The Morgan fingerprint density at radius 1 is 1.22 bits per heavy atom. The van der Waals surface area contributed by atoms with E-state index >= 15 is 0 Å². The van der Waals surface area contributed by atoms with Crippen LogP contribution in [0.3, 0.4) is 0 Å². The molecule has 0 fully saturated rings. The Kier molecular flexibility index (Phi) is 6.66. The van der Waals surface area contributed by atoms with Crippen molar-refractivity contribution in [1.82, 2.24) is 9.88 Å². The highest BCUT2D eigenvalue weighted by Crippen LogP contribution is 2.30. The Labute approximate surface area is 139 Å². The van der Waals surface area contributed by atoms with Gasteiger partial charge in [-0.2, -0.15) is 0 Å². The standard InChI is InChI=1S/C19H29N3O/c1-5-22(6-2)14-8-9-15(3)21-17-11-12-18(23-4)16-10-7-13-20-19(16)17/h7,10-13,15,21H,5-6,8-9,14H2,1-4H3. The number of benzene rings is 1. The number of anilines is 1. The number of fused-ring (bicyclic) bond motifs is 1. The zero-order valence-electron chi connectivity index (χ0n) is 14.8. The molecular weight excluding hydrogens is 286 g/mol. The number of nitrogens with one attached hydrogen (secondary N) is 1. The summed E-state index contributed by atoms with van der Waals surface area (Å²) in [4.78, 5) is 7.00. The van der Waals surface area contributed by atoms with Gasteiger partial charge in [-0.1, -0.05) is 13.8 Å². The fourth-order valence-electron chi connectivity index (χ4n) is 2.94. The van der Waals surface area contributed by atoms with Gasteiger partial charge in [-0.15, -0.1) is 0 Å². The zero-order valence-corrected chi connectivity index (χ0v) is 14.8. The lowest BCUT2D eigenvalue weighted by atomic mass is 10.1. The van der Waals surface area contributed by atoms with Gasteiger partial charge in [-0.25, -0.2) is 0 Å². The third kappa shape index (κ3) is 4.58. The summed E-state index contributed by atoms with van der Waals surface area (Å²) in [6.07, 6.45) is 4.19. The first-order valence-corrected chi connectivity index (χ1v) is 8.60. The second kappa shape index (κ2) is 8.73. The van der Waals surface area contributed by atoms with Gasteiger partial charge in [-0.3, -0.25) is 4.98 Å². The predicted octanol–water partition coefficient (Wildman–Crippen LogP) is 4.17. The van der Waals surface area contributed by atoms with E-state index in [2.05, 4.69) is 48.1 Å². The molecule has 0 amide bonds. The number of pyridine rings is 1. The van der Waals surface area contributed by atoms with Crippen molar-refractivity contribution in [2.75, 3.05) is 32.1 Å². The van der Waals surface area contributed by atoms with E-state index in [1.807, 2.05) is 18.3 Å². The van der Waals surface area contributed by atoms with Crippen molar-refractivity contribution in [3.8, 4) is 5.75 Å². The van der Waals surface area contributed by atoms with Crippen molar-refractivity contribution in [3.05, 3.63) is 30.5 Å². The van der Waals surface area contributed by atoms with E-state index in [9.17, 15) is 0 Å². The minimum Gasteiger partial charge on any atom is -0.496 e. The van der Waals surface area contributed by atoms with Gasteiger partial charge in [0.2, 0.25) is 0 Å². The predicted molar refractivity (Wildman–Crippen MR) is 98.4 cm³/mol. The Bertz CT molecular complexity index is 611. The van der Waals surface area contributed by atoms with Gasteiger partial charge in [0.1, 0.15) is 5.75 Å². The molecule has 1 aromatic carbocycles. The first kappa shape index (κ1) is 17.5. The molecule has 0 bridgehead atoms. The number of hydrogen-bond acceptors (Lipinski definition) is 4. The molecule has 1 atom stereocenters. The first-order valence-electron chi connectivity index (χ1n) is 8.60. The topological polar surface area (TPSA) is 37.4 Å². The summed E-state index contributed by atoms with van der Waals surface area (Å²) in [5.41, 5.74) is 2.05. The van der Waals surface area contributed by atoms with E-state index in [4.69, 9.17) is 4.74 Å². The number of rotatable bonds is 9. The average Bonchev–Trinajstić information content (AvgIpc) is 2.59. The normalized spacial score (nSPS) is 12.6. The maximum absolute atomic E-state index is 5.43. The monoisotopic (exact) mass is 315 g/mol. The second-order valence-electron chi connectivity index (χ2n) is 5.93. The molecule has 1 aromatic heterocycles. The lowest BCUT2D eigenvalue weighted by Crippen LogP contribution is -2.25. The Hall–Kier alpha value is -1.81. The molecule has 4 heteroatoms. The van der Waals surface area contributed by atoms with Crippen LogP contribution in [-0.2, 0) is 0 Å². The number of methoxy groups -OCH3 is 1. The van der Waals surface area contributed by atoms with Crippen LogP contribution in [0, 0.1) is 0 Å². The molecule has 0 spiro atoms. The van der Waals surface area contributed by atoms with Crippen LogP contribution in [0.2, 0.25) is 0 Å². The molecule has 23 heavy (non-hydrogen) atoms. The largest absolute Gasteiger partial charge is 0.496 e. The van der Waals surface area contributed by atoms with Gasteiger partial charge >= 0.3 is 0 Å². The molecule has 0 aliphatic heterocycles. The quantitative estimate of drug-likeness (QED) is 0.754. The molecule has 0 saturated heterocycles. The molecule has 2 aromatic rings. The van der Waals surface area contributed by atoms with Crippen LogP contribution >= 0.6 is 0 Å². The van der Waals surface area contributed by atoms with Crippen molar-refractivity contribution < 1.29 is 4.74 Å². The Morgan fingerprint density at radius 3 is 2.70 bits per heavy atom. The molecule has 4 nitrogen and oxygen atoms in total. The summed E-state index contributed by atoms with van der Waals surface area (Å²) < 4.78 is 5.43. The Balaban J connectivity index is 2.01. The van der Waals surface area contributed by atoms with E-state index in [1.165, 1.54) is 13.0 Å². The smallest absolute Gasteiger partial charge is 0.128 e. The van der Waals surface area contributed by atoms with Crippen molar-refractivity contribution in [2.24, 2.45) is 0 Å². The van der Waals surface area contributed by atoms with Crippen LogP contribution in [0.5, 0.6) is 5.75 Å². The van der Waals surface area contributed by atoms with Gasteiger partial charge in [0, 0.05) is 17.6 Å². The van der Waals surface area contributed by atoms with Crippen LogP contribution in [0.1, 0.15) is 33.6 Å². The SMILES string of the molecule is CCN(CC)CCCC(C)Nc1ccc(OC)c2cccnc12. The summed E-state index contributed by atoms with van der Waals surface area (Å²) >= 11 is 0.